The van der Waals surface area contributed by atoms with Crippen LogP contribution in [0.2, 0.25) is 5.02 Å². The first kappa shape index (κ1) is 12.5. The van der Waals surface area contributed by atoms with Crippen LogP contribution in [0.1, 0.15) is 9.67 Å². The van der Waals surface area contributed by atoms with E-state index in [4.69, 9.17) is 16.7 Å². The molecular formula is C7H5ClF2O3S2. The normalized spacial score (nSPS) is 10.7. The summed E-state index contributed by atoms with van der Waals surface area (Å²) >= 11 is 7.67. The monoisotopic (exact) mass is 274 g/mol. The molecule has 1 rings (SSSR count). The van der Waals surface area contributed by atoms with Crippen LogP contribution >= 0.6 is 34.7 Å². The lowest BCUT2D eigenvalue weighted by Gasteiger charge is -2.03. The summed E-state index contributed by atoms with van der Waals surface area (Å²) in [4.78, 5) is 10.4. The smallest absolute Gasteiger partial charge is 0.387 e. The van der Waals surface area contributed by atoms with Gasteiger partial charge in [0.1, 0.15) is 5.02 Å². The maximum Gasteiger partial charge on any atom is 0.387 e. The number of carboxylic acids is 1. The van der Waals surface area contributed by atoms with Crippen molar-refractivity contribution in [1.82, 2.24) is 0 Å². The third-order valence-electron chi connectivity index (χ3n) is 1.37. The largest absolute Gasteiger partial charge is 0.477 e. The molecule has 84 valence electrons. The van der Waals surface area contributed by atoms with Crippen LogP contribution in [0.3, 0.4) is 0 Å². The Morgan fingerprint density at radius 2 is 2.27 bits per heavy atom. The maximum absolute atomic E-state index is 12.0. The fourth-order valence-electron chi connectivity index (χ4n) is 0.843. The van der Waals surface area contributed by atoms with Gasteiger partial charge in [-0.15, -0.1) is 23.1 Å². The van der Waals surface area contributed by atoms with E-state index in [0.29, 0.717) is 4.21 Å². The summed E-state index contributed by atoms with van der Waals surface area (Å²) in [5.74, 6) is -1.80. The average Bonchev–Trinajstić information content (AvgIpc) is 2.43. The first-order valence-electron chi connectivity index (χ1n) is 3.51. The fourth-order valence-corrected chi connectivity index (χ4v) is 2.94. The van der Waals surface area contributed by atoms with Crippen LogP contribution in [-0.4, -0.2) is 23.9 Å². The lowest BCUT2D eigenvalue weighted by Crippen LogP contribution is -2.05. The van der Waals surface area contributed by atoms with E-state index >= 15 is 0 Å². The maximum atomic E-state index is 12.0. The molecule has 0 unspecified atom stereocenters. The predicted molar refractivity (Wildman–Crippen MR) is 54.7 cm³/mol. The minimum atomic E-state index is -3.09. The molecule has 0 saturated carbocycles. The molecule has 1 aromatic rings. The highest BCUT2D eigenvalue weighted by atomic mass is 35.5. The minimum Gasteiger partial charge on any atom is -0.477 e. The van der Waals surface area contributed by atoms with E-state index in [1.54, 1.807) is 6.26 Å². The molecule has 1 heterocycles. The molecular weight excluding hydrogens is 270 g/mol. The van der Waals surface area contributed by atoms with Crippen LogP contribution in [0, 0.1) is 0 Å². The van der Waals surface area contributed by atoms with Crippen LogP contribution < -0.4 is 4.74 Å². The highest BCUT2D eigenvalue weighted by Crippen LogP contribution is 2.44. The SMILES string of the molecule is CSc1sc(C(=O)O)c(OC(F)F)c1Cl. The number of aromatic carboxylic acids is 1. The fraction of sp³-hybridized carbons (Fsp3) is 0.286. The van der Waals surface area contributed by atoms with Crippen molar-refractivity contribution in [3.8, 4) is 5.75 Å². The van der Waals surface area contributed by atoms with Crippen molar-refractivity contribution in [2.75, 3.05) is 6.26 Å². The van der Waals surface area contributed by atoms with Gasteiger partial charge in [0, 0.05) is 0 Å². The van der Waals surface area contributed by atoms with Gasteiger partial charge < -0.3 is 9.84 Å². The Morgan fingerprint density at radius 1 is 1.67 bits per heavy atom. The van der Waals surface area contributed by atoms with E-state index in [0.717, 1.165) is 11.3 Å². The van der Waals surface area contributed by atoms with E-state index in [1.165, 1.54) is 11.8 Å². The topological polar surface area (TPSA) is 46.5 Å². The summed E-state index contributed by atoms with van der Waals surface area (Å²) in [5, 5.41) is 8.65. The van der Waals surface area contributed by atoms with Crippen molar-refractivity contribution in [3.63, 3.8) is 0 Å². The number of hydrogen-bond donors (Lipinski definition) is 1. The molecule has 0 atom stereocenters. The second-order valence-corrected chi connectivity index (χ2v) is 4.72. The van der Waals surface area contributed by atoms with Gasteiger partial charge in [0.2, 0.25) is 0 Å². The van der Waals surface area contributed by atoms with Crippen molar-refractivity contribution in [3.05, 3.63) is 9.90 Å². The number of hydrogen-bond acceptors (Lipinski definition) is 4. The number of rotatable bonds is 4. The Balaban J connectivity index is 3.19. The second-order valence-electron chi connectivity index (χ2n) is 2.25. The van der Waals surface area contributed by atoms with Gasteiger partial charge in [-0.25, -0.2) is 4.79 Å². The molecule has 0 spiro atoms. The molecule has 0 aliphatic rings. The number of thiophene rings is 1. The van der Waals surface area contributed by atoms with Crippen LogP contribution in [-0.2, 0) is 0 Å². The van der Waals surface area contributed by atoms with Gasteiger partial charge in [0.25, 0.3) is 0 Å². The number of alkyl halides is 2. The minimum absolute atomic E-state index is 0.0785. The van der Waals surface area contributed by atoms with Crippen molar-refractivity contribution in [1.29, 1.82) is 0 Å². The molecule has 0 aromatic carbocycles. The molecule has 0 bridgehead atoms. The summed E-state index contributed by atoms with van der Waals surface area (Å²) in [5.41, 5.74) is 0. The number of carboxylic acid groups (broad SMARTS) is 1. The Hall–Kier alpha value is -0.530. The number of thioether (sulfide) groups is 1. The van der Waals surface area contributed by atoms with Gasteiger partial charge in [0.05, 0.1) is 4.21 Å². The van der Waals surface area contributed by atoms with Gasteiger partial charge in [-0.1, -0.05) is 11.6 Å². The zero-order valence-electron chi connectivity index (χ0n) is 7.29. The second kappa shape index (κ2) is 5.00. The van der Waals surface area contributed by atoms with E-state index in [-0.39, 0.29) is 9.90 Å². The predicted octanol–water partition coefficient (Wildman–Crippen LogP) is 3.42. The Bertz CT molecular complexity index is 381. The molecule has 0 amide bonds. The zero-order valence-corrected chi connectivity index (χ0v) is 9.68. The Kier molecular flexibility index (Phi) is 4.18. The van der Waals surface area contributed by atoms with Crippen molar-refractivity contribution in [2.45, 2.75) is 10.8 Å². The summed E-state index contributed by atoms with van der Waals surface area (Å²) in [6.45, 7) is -3.09. The third-order valence-corrected chi connectivity index (χ3v) is 4.23. The van der Waals surface area contributed by atoms with Crippen LogP contribution in [0.4, 0.5) is 8.78 Å². The lowest BCUT2D eigenvalue weighted by atomic mass is 10.4. The molecule has 1 aromatic heterocycles. The molecule has 0 aliphatic carbocycles. The molecule has 3 nitrogen and oxygen atoms in total. The van der Waals surface area contributed by atoms with Crippen LogP contribution in [0.25, 0.3) is 0 Å². The van der Waals surface area contributed by atoms with Gasteiger partial charge in [-0.2, -0.15) is 8.78 Å². The summed E-state index contributed by atoms with van der Waals surface area (Å²) in [6.07, 6.45) is 1.66. The van der Waals surface area contributed by atoms with E-state index in [1.807, 2.05) is 0 Å². The first-order chi connectivity index (χ1) is 6.97. The van der Waals surface area contributed by atoms with Crippen LogP contribution in [0.15, 0.2) is 4.21 Å². The van der Waals surface area contributed by atoms with Gasteiger partial charge >= 0.3 is 12.6 Å². The molecule has 1 N–H and O–H groups in total. The summed E-state index contributed by atoms with van der Waals surface area (Å²) in [7, 11) is 0. The third kappa shape index (κ3) is 2.73. The van der Waals surface area contributed by atoms with E-state index < -0.39 is 18.3 Å². The highest BCUT2D eigenvalue weighted by Gasteiger charge is 2.24. The quantitative estimate of drug-likeness (QED) is 0.855. The lowest BCUT2D eigenvalue weighted by molar-refractivity contribution is -0.0500. The number of halogens is 3. The van der Waals surface area contributed by atoms with Crippen molar-refractivity contribution >= 4 is 40.7 Å². The van der Waals surface area contributed by atoms with Crippen molar-refractivity contribution in [2.24, 2.45) is 0 Å². The molecule has 0 saturated heterocycles. The number of ether oxygens (including phenoxy) is 1. The average molecular weight is 275 g/mol. The molecule has 0 radical (unpaired) electrons. The highest BCUT2D eigenvalue weighted by molar-refractivity contribution is 8.00. The molecule has 15 heavy (non-hydrogen) atoms. The van der Waals surface area contributed by atoms with Gasteiger partial charge in [-0.05, 0) is 6.26 Å². The molecule has 8 heteroatoms. The summed E-state index contributed by atoms with van der Waals surface area (Å²) < 4.78 is 28.5. The Morgan fingerprint density at radius 3 is 2.67 bits per heavy atom. The first-order valence-corrected chi connectivity index (χ1v) is 5.93. The standard InChI is InChI=1S/C7H5ClF2O3S2/c1-14-6-2(8)3(13-7(9)10)4(15-6)5(11)12/h7H,1H3,(H,11,12). The van der Waals surface area contributed by atoms with E-state index in [2.05, 4.69) is 4.74 Å². The molecule has 0 fully saturated rings. The zero-order chi connectivity index (χ0) is 11.6. The van der Waals surface area contributed by atoms with Gasteiger partial charge in [0.15, 0.2) is 10.6 Å². The van der Waals surface area contributed by atoms with Gasteiger partial charge in [-0.3, -0.25) is 0 Å². The van der Waals surface area contributed by atoms with Crippen LogP contribution in [0.5, 0.6) is 5.75 Å². The Labute approximate surface area is 97.0 Å². The number of carbonyl (C=O) groups is 1. The summed E-state index contributed by atoms with van der Waals surface area (Å²) in [6, 6.07) is 0. The molecule has 0 aliphatic heterocycles. The van der Waals surface area contributed by atoms with Crippen molar-refractivity contribution < 1.29 is 23.4 Å². The van der Waals surface area contributed by atoms with E-state index in [9.17, 15) is 13.6 Å².